The summed E-state index contributed by atoms with van der Waals surface area (Å²) >= 11 is 0. The van der Waals surface area contributed by atoms with Gasteiger partial charge in [-0.25, -0.2) is 0 Å². The molecule has 1 aliphatic rings. The van der Waals surface area contributed by atoms with Crippen molar-refractivity contribution in [1.82, 2.24) is 0 Å². The van der Waals surface area contributed by atoms with Gasteiger partial charge in [0.2, 0.25) is 0 Å². The summed E-state index contributed by atoms with van der Waals surface area (Å²) in [6, 6.07) is 4.66. The molecule has 21 heavy (non-hydrogen) atoms. The third-order valence-electron chi connectivity index (χ3n) is 4.32. The first-order valence-corrected chi connectivity index (χ1v) is 7.83. The minimum absolute atomic E-state index is 0.0958. The molecule has 0 aromatic heterocycles. The molecule has 1 saturated carbocycles. The van der Waals surface area contributed by atoms with Crippen molar-refractivity contribution in [3.05, 3.63) is 29.3 Å². The van der Waals surface area contributed by atoms with Crippen LogP contribution in [0.4, 0.5) is 18.9 Å². The van der Waals surface area contributed by atoms with Gasteiger partial charge in [-0.15, -0.1) is 0 Å². The molecule has 1 aliphatic carbocycles. The number of rotatable bonds is 4. The smallest absolute Gasteiger partial charge is 0.384 e. The fraction of sp³-hybridized carbons (Fsp3) is 0.647. The minimum Gasteiger partial charge on any atom is -0.384 e. The molecule has 1 nitrogen and oxygen atoms in total. The first-order chi connectivity index (χ1) is 9.88. The van der Waals surface area contributed by atoms with E-state index in [0.29, 0.717) is 12.5 Å². The molecule has 0 amide bonds. The molecule has 2 rings (SSSR count). The molecule has 0 unspecified atom stereocenters. The molecule has 0 radical (unpaired) electrons. The average Bonchev–Trinajstić information content (AvgIpc) is 2.45. The van der Waals surface area contributed by atoms with Crippen LogP contribution < -0.4 is 5.32 Å². The molecular formula is C17H24F3N. The fourth-order valence-corrected chi connectivity index (χ4v) is 2.96. The average molecular weight is 299 g/mol. The Bertz CT molecular complexity index is 460. The topological polar surface area (TPSA) is 12.0 Å². The van der Waals surface area contributed by atoms with Crippen molar-refractivity contribution < 1.29 is 13.2 Å². The molecule has 0 saturated heterocycles. The Balaban J connectivity index is 2.13. The van der Waals surface area contributed by atoms with Crippen LogP contribution >= 0.6 is 0 Å². The normalized spacial score (nSPS) is 17.2. The molecular weight excluding hydrogens is 275 g/mol. The van der Waals surface area contributed by atoms with E-state index < -0.39 is 11.7 Å². The van der Waals surface area contributed by atoms with Gasteiger partial charge in [-0.1, -0.05) is 39.2 Å². The van der Waals surface area contributed by atoms with E-state index in [0.717, 1.165) is 18.4 Å². The molecule has 1 fully saturated rings. The highest BCUT2D eigenvalue weighted by atomic mass is 19.4. The highest BCUT2D eigenvalue weighted by Gasteiger charge is 2.34. The van der Waals surface area contributed by atoms with Crippen LogP contribution in [0.1, 0.15) is 63.0 Å². The number of nitrogens with one attached hydrogen (secondary N) is 1. The largest absolute Gasteiger partial charge is 0.418 e. The minimum atomic E-state index is -4.31. The number of alkyl halides is 3. The summed E-state index contributed by atoms with van der Waals surface area (Å²) < 4.78 is 39.7. The zero-order valence-corrected chi connectivity index (χ0v) is 12.8. The molecule has 0 aliphatic heterocycles. The SMILES string of the molecule is CC(C)c1ccc(NCC2CCCCC2)c(C(F)(F)F)c1. The molecule has 118 valence electrons. The van der Waals surface area contributed by atoms with E-state index in [1.807, 2.05) is 13.8 Å². The lowest BCUT2D eigenvalue weighted by Gasteiger charge is -2.24. The second kappa shape index (κ2) is 6.71. The van der Waals surface area contributed by atoms with Crippen LogP contribution in [0, 0.1) is 5.92 Å². The molecule has 0 heterocycles. The highest BCUT2D eigenvalue weighted by Crippen LogP contribution is 2.37. The van der Waals surface area contributed by atoms with E-state index in [2.05, 4.69) is 5.32 Å². The van der Waals surface area contributed by atoms with Crippen molar-refractivity contribution >= 4 is 5.69 Å². The van der Waals surface area contributed by atoms with E-state index >= 15 is 0 Å². The lowest BCUT2D eigenvalue weighted by Crippen LogP contribution is -2.19. The van der Waals surface area contributed by atoms with Crippen LogP contribution in [0.2, 0.25) is 0 Å². The Kier molecular flexibility index (Phi) is 5.17. The second-order valence-corrected chi connectivity index (χ2v) is 6.34. The maximum absolute atomic E-state index is 13.2. The predicted molar refractivity (Wildman–Crippen MR) is 80.6 cm³/mol. The summed E-state index contributed by atoms with van der Waals surface area (Å²) in [6.45, 7) is 4.46. The fourth-order valence-electron chi connectivity index (χ4n) is 2.96. The summed E-state index contributed by atoms with van der Waals surface area (Å²) in [7, 11) is 0. The van der Waals surface area contributed by atoms with Crippen LogP contribution in [0.15, 0.2) is 18.2 Å². The zero-order valence-electron chi connectivity index (χ0n) is 12.8. The van der Waals surface area contributed by atoms with Gasteiger partial charge in [0.25, 0.3) is 0 Å². The maximum atomic E-state index is 13.2. The predicted octanol–water partition coefficient (Wildman–Crippen LogP) is 5.82. The van der Waals surface area contributed by atoms with E-state index in [9.17, 15) is 13.2 Å². The Morgan fingerprint density at radius 2 is 1.81 bits per heavy atom. The number of halogens is 3. The van der Waals surface area contributed by atoms with E-state index in [4.69, 9.17) is 0 Å². The maximum Gasteiger partial charge on any atom is 0.418 e. The van der Waals surface area contributed by atoms with E-state index in [-0.39, 0.29) is 11.6 Å². The first kappa shape index (κ1) is 16.2. The van der Waals surface area contributed by atoms with Gasteiger partial charge in [0.15, 0.2) is 0 Å². The molecule has 0 atom stereocenters. The number of hydrogen-bond acceptors (Lipinski definition) is 1. The third-order valence-corrected chi connectivity index (χ3v) is 4.32. The third kappa shape index (κ3) is 4.39. The molecule has 1 aromatic rings. The van der Waals surface area contributed by atoms with Crippen LogP contribution in [-0.4, -0.2) is 6.54 Å². The van der Waals surface area contributed by atoms with Gasteiger partial charge in [-0.05, 0) is 42.4 Å². The van der Waals surface area contributed by atoms with Gasteiger partial charge >= 0.3 is 6.18 Å². The van der Waals surface area contributed by atoms with Gasteiger partial charge in [0.1, 0.15) is 0 Å². The molecule has 0 bridgehead atoms. The van der Waals surface area contributed by atoms with Crippen molar-refractivity contribution in [2.45, 2.75) is 58.0 Å². The molecule has 1 aromatic carbocycles. The Morgan fingerprint density at radius 1 is 1.14 bits per heavy atom. The van der Waals surface area contributed by atoms with Gasteiger partial charge in [0, 0.05) is 12.2 Å². The number of hydrogen-bond donors (Lipinski definition) is 1. The molecule has 4 heteroatoms. The van der Waals surface area contributed by atoms with Crippen LogP contribution in [0.3, 0.4) is 0 Å². The molecule has 0 spiro atoms. The lowest BCUT2D eigenvalue weighted by atomic mass is 9.89. The first-order valence-electron chi connectivity index (χ1n) is 7.83. The summed E-state index contributed by atoms with van der Waals surface area (Å²) in [4.78, 5) is 0. The van der Waals surface area contributed by atoms with E-state index in [1.54, 1.807) is 12.1 Å². The van der Waals surface area contributed by atoms with Crippen molar-refractivity contribution in [3.63, 3.8) is 0 Å². The quantitative estimate of drug-likeness (QED) is 0.738. The van der Waals surface area contributed by atoms with Crippen LogP contribution in [0.25, 0.3) is 0 Å². The second-order valence-electron chi connectivity index (χ2n) is 6.34. The van der Waals surface area contributed by atoms with Crippen molar-refractivity contribution in [2.75, 3.05) is 11.9 Å². The monoisotopic (exact) mass is 299 g/mol. The molecule has 1 N–H and O–H groups in total. The van der Waals surface area contributed by atoms with Gasteiger partial charge in [0.05, 0.1) is 5.56 Å². The van der Waals surface area contributed by atoms with E-state index in [1.165, 1.54) is 25.3 Å². The Hall–Kier alpha value is -1.19. The zero-order chi connectivity index (χ0) is 15.5. The van der Waals surface area contributed by atoms with Crippen molar-refractivity contribution in [3.8, 4) is 0 Å². The summed E-state index contributed by atoms with van der Waals surface area (Å²) in [6.07, 6.45) is 1.60. The number of anilines is 1. The van der Waals surface area contributed by atoms with Gasteiger partial charge < -0.3 is 5.32 Å². The number of benzene rings is 1. The highest BCUT2D eigenvalue weighted by molar-refractivity contribution is 5.54. The Morgan fingerprint density at radius 3 is 2.38 bits per heavy atom. The summed E-state index contributed by atoms with van der Waals surface area (Å²) in [5, 5.41) is 3.04. The van der Waals surface area contributed by atoms with Crippen molar-refractivity contribution in [2.24, 2.45) is 5.92 Å². The summed E-state index contributed by atoms with van der Waals surface area (Å²) in [5.41, 5.74) is 0.410. The Labute approximate surface area is 124 Å². The standard InChI is InChI=1S/C17H24F3N/c1-12(2)14-8-9-16(15(10-14)17(18,19)20)21-11-13-6-4-3-5-7-13/h8-10,12-13,21H,3-7,11H2,1-2H3. The van der Waals surface area contributed by atoms with Crippen molar-refractivity contribution in [1.29, 1.82) is 0 Å². The lowest BCUT2D eigenvalue weighted by molar-refractivity contribution is -0.137. The van der Waals surface area contributed by atoms with Gasteiger partial charge in [-0.3, -0.25) is 0 Å². The summed E-state index contributed by atoms with van der Waals surface area (Å²) in [5.74, 6) is 0.600. The van der Waals surface area contributed by atoms with Crippen LogP contribution in [0.5, 0.6) is 0 Å². The van der Waals surface area contributed by atoms with Gasteiger partial charge in [-0.2, -0.15) is 13.2 Å². The van der Waals surface area contributed by atoms with Crippen LogP contribution in [-0.2, 0) is 6.18 Å².